The molecule has 2 aromatic rings. The van der Waals surface area contributed by atoms with E-state index in [1.54, 1.807) is 19.1 Å². The van der Waals surface area contributed by atoms with Crippen LogP contribution in [0.15, 0.2) is 28.7 Å². The molecule has 18 heavy (non-hydrogen) atoms. The molecule has 2 rings (SSSR count). The van der Waals surface area contributed by atoms with Crippen LogP contribution in [0, 0.1) is 5.82 Å². The van der Waals surface area contributed by atoms with Crippen LogP contribution in [-0.2, 0) is 5.60 Å². The summed E-state index contributed by atoms with van der Waals surface area (Å²) in [5.41, 5.74) is -0.532. The minimum Gasteiger partial charge on any atom is -0.458 e. The van der Waals surface area contributed by atoms with E-state index in [1.807, 2.05) is 13.8 Å². The van der Waals surface area contributed by atoms with Gasteiger partial charge in [0.2, 0.25) is 0 Å². The molecule has 1 aromatic heterocycles. The summed E-state index contributed by atoms with van der Waals surface area (Å²) in [5, 5.41) is 14.2. The molecule has 0 aliphatic carbocycles. The maximum Gasteiger partial charge on any atom is 0.137 e. The Labute approximate surface area is 106 Å². The summed E-state index contributed by atoms with van der Waals surface area (Å²) in [6.45, 7) is 6.07. The van der Waals surface area contributed by atoms with Crippen molar-refractivity contribution >= 4 is 11.0 Å². The molecular weight excluding hydrogens is 233 g/mol. The fourth-order valence-electron chi connectivity index (χ4n) is 1.77. The maximum atomic E-state index is 13.1. The number of furan rings is 1. The van der Waals surface area contributed by atoms with Crippen molar-refractivity contribution < 1.29 is 13.9 Å². The quantitative estimate of drug-likeness (QED) is 0.878. The molecule has 0 aliphatic rings. The normalized spacial score (nSPS) is 15.2. The van der Waals surface area contributed by atoms with Crippen LogP contribution in [0.1, 0.15) is 26.5 Å². The minimum absolute atomic E-state index is 0.276. The third-order valence-electron chi connectivity index (χ3n) is 2.86. The smallest absolute Gasteiger partial charge is 0.137 e. The highest BCUT2D eigenvalue weighted by molar-refractivity contribution is 5.78. The third kappa shape index (κ3) is 2.71. The van der Waals surface area contributed by atoms with Crippen LogP contribution in [0.5, 0.6) is 0 Å². The maximum absolute atomic E-state index is 13.1. The molecule has 1 atom stereocenters. The lowest BCUT2D eigenvalue weighted by molar-refractivity contribution is 0.0341. The Bertz CT molecular complexity index is 546. The molecule has 0 fully saturated rings. The summed E-state index contributed by atoms with van der Waals surface area (Å²) in [7, 11) is 0. The van der Waals surface area contributed by atoms with Gasteiger partial charge in [0.25, 0.3) is 0 Å². The first-order valence-corrected chi connectivity index (χ1v) is 6.04. The number of fused-ring (bicyclic) bond motifs is 1. The second-order valence-corrected chi connectivity index (χ2v) is 5.10. The molecule has 0 bridgehead atoms. The molecule has 0 aliphatic heterocycles. The van der Waals surface area contributed by atoms with Crippen LogP contribution in [0.3, 0.4) is 0 Å². The standard InChI is InChI=1S/C14H18FNO2/c1-9(2)16-8-14(3,17)13-7-10-6-11(15)4-5-12(10)18-13/h4-7,9,16-17H,8H2,1-3H3. The second-order valence-electron chi connectivity index (χ2n) is 5.10. The average Bonchev–Trinajstić information content (AvgIpc) is 2.70. The molecule has 98 valence electrons. The highest BCUT2D eigenvalue weighted by atomic mass is 19.1. The molecule has 3 nitrogen and oxygen atoms in total. The Morgan fingerprint density at radius 1 is 1.39 bits per heavy atom. The highest BCUT2D eigenvalue weighted by Crippen LogP contribution is 2.28. The van der Waals surface area contributed by atoms with E-state index in [0.29, 0.717) is 23.3 Å². The van der Waals surface area contributed by atoms with E-state index in [9.17, 15) is 9.50 Å². The van der Waals surface area contributed by atoms with Crippen LogP contribution >= 0.6 is 0 Å². The molecule has 1 aromatic carbocycles. The SMILES string of the molecule is CC(C)NCC(C)(O)c1cc2cc(F)ccc2o1. The Morgan fingerprint density at radius 3 is 2.78 bits per heavy atom. The summed E-state index contributed by atoms with van der Waals surface area (Å²) in [4.78, 5) is 0. The van der Waals surface area contributed by atoms with Crippen LogP contribution in [0.25, 0.3) is 11.0 Å². The van der Waals surface area contributed by atoms with Gasteiger partial charge in [-0.25, -0.2) is 4.39 Å². The Morgan fingerprint density at radius 2 is 2.11 bits per heavy atom. The monoisotopic (exact) mass is 251 g/mol. The summed E-state index contributed by atoms with van der Waals surface area (Å²) in [5.74, 6) is 0.131. The van der Waals surface area contributed by atoms with E-state index in [-0.39, 0.29) is 11.9 Å². The van der Waals surface area contributed by atoms with Gasteiger partial charge in [-0.3, -0.25) is 0 Å². The average molecular weight is 251 g/mol. The lowest BCUT2D eigenvalue weighted by atomic mass is 10.0. The van der Waals surface area contributed by atoms with Gasteiger partial charge >= 0.3 is 0 Å². The van der Waals surface area contributed by atoms with E-state index < -0.39 is 5.60 Å². The first kappa shape index (κ1) is 13.1. The molecule has 0 radical (unpaired) electrons. The Kier molecular flexibility index (Phi) is 3.41. The first-order valence-electron chi connectivity index (χ1n) is 6.04. The summed E-state index contributed by atoms with van der Waals surface area (Å²) < 4.78 is 18.6. The van der Waals surface area contributed by atoms with Gasteiger partial charge < -0.3 is 14.8 Å². The van der Waals surface area contributed by atoms with Gasteiger partial charge in [-0.05, 0) is 31.2 Å². The first-order chi connectivity index (χ1) is 8.38. The topological polar surface area (TPSA) is 45.4 Å². The van der Waals surface area contributed by atoms with Crippen LogP contribution in [0.4, 0.5) is 4.39 Å². The summed E-state index contributed by atoms with van der Waals surface area (Å²) in [6.07, 6.45) is 0. The number of aliphatic hydroxyl groups is 1. The number of hydrogen-bond donors (Lipinski definition) is 2. The number of rotatable bonds is 4. The lowest BCUT2D eigenvalue weighted by Gasteiger charge is -2.22. The van der Waals surface area contributed by atoms with Gasteiger partial charge in [-0.15, -0.1) is 0 Å². The van der Waals surface area contributed by atoms with Gasteiger partial charge in [-0.1, -0.05) is 13.8 Å². The van der Waals surface area contributed by atoms with Gasteiger partial charge in [-0.2, -0.15) is 0 Å². The van der Waals surface area contributed by atoms with Crippen molar-refractivity contribution in [3.63, 3.8) is 0 Å². The minimum atomic E-state index is -1.11. The number of hydrogen-bond acceptors (Lipinski definition) is 3. The molecule has 4 heteroatoms. The van der Waals surface area contributed by atoms with Crippen molar-refractivity contribution in [3.8, 4) is 0 Å². The summed E-state index contributed by atoms with van der Waals surface area (Å²) in [6, 6.07) is 6.27. The fraction of sp³-hybridized carbons (Fsp3) is 0.429. The van der Waals surface area contributed by atoms with Crippen molar-refractivity contribution in [2.75, 3.05) is 6.54 Å². The van der Waals surface area contributed by atoms with E-state index in [4.69, 9.17) is 4.42 Å². The zero-order valence-corrected chi connectivity index (χ0v) is 10.8. The predicted molar refractivity (Wildman–Crippen MR) is 68.9 cm³/mol. The molecule has 0 saturated heterocycles. The van der Waals surface area contributed by atoms with Crippen LogP contribution in [-0.4, -0.2) is 17.7 Å². The molecular formula is C14H18FNO2. The van der Waals surface area contributed by atoms with Gasteiger partial charge in [0.15, 0.2) is 0 Å². The van der Waals surface area contributed by atoms with E-state index >= 15 is 0 Å². The van der Waals surface area contributed by atoms with Crippen molar-refractivity contribution in [2.24, 2.45) is 0 Å². The van der Waals surface area contributed by atoms with E-state index in [2.05, 4.69) is 5.32 Å². The molecule has 0 saturated carbocycles. The Balaban J connectivity index is 2.29. The van der Waals surface area contributed by atoms with Gasteiger partial charge in [0.1, 0.15) is 22.8 Å². The van der Waals surface area contributed by atoms with Crippen LogP contribution in [0.2, 0.25) is 0 Å². The lowest BCUT2D eigenvalue weighted by Crippen LogP contribution is -2.38. The van der Waals surface area contributed by atoms with Gasteiger partial charge in [0.05, 0.1) is 0 Å². The fourth-order valence-corrected chi connectivity index (χ4v) is 1.77. The number of benzene rings is 1. The Hall–Kier alpha value is -1.39. The number of nitrogens with one attached hydrogen (secondary N) is 1. The largest absolute Gasteiger partial charge is 0.458 e. The zero-order chi connectivity index (χ0) is 13.3. The molecule has 0 amide bonds. The second kappa shape index (κ2) is 4.71. The third-order valence-corrected chi connectivity index (χ3v) is 2.86. The molecule has 1 heterocycles. The van der Waals surface area contributed by atoms with Crippen molar-refractivity contribution in [2.45, 2.75) is 32.4 Å². The van der Waals surface area contributed by atoms with Crippen molar-refractivity contribution in [1.29, 1.82) is 0 Å². The molecule has 0 spiro atoms. The van der Waals surface area contributed by atoms with Gasteiger partial charge in [0, 0.05) is 18.0 Å². The highest BCUT2D eigenvalue weighted by Gasteiger charge is 2.27. The predicted octanol–water partition coefficient (Wildman–Crippen LogP) is 2.78. The molecule has 1 unspecified atom stereocenters. The van der Waals surface area contributed by atoms with Crippen molar-refractivity contribution in [1.82, 2.24) is 5.32 Å². The molecule has 2 N–H and O–H groups in total. The zero-order valence-electron chi connectivity index (χ0n) is 10.8. The van der Waals surface area contributed by atoms with E-state index in [1.165, 1.54) is 12.1 Å². The van der Waals surface area contributed by atoms with Crippen molar-refractivity contribution in [3.05, 3.63) is 35.8 Å². The van der Waals surface area contributed by atoms with E-state index in [0.717, 1.165) is 0 Å². The number of halogens is 1. The van der Waals surface area contributed by atoms with Crippen LogP contribution < -0.4 is 5.32 Å². The summed E-state index contributed by atoms with van der Waals surface area (Å²) >= 11 is 0.